The molecule has 0 aliphatic carbocycles. The van der Waals surface area contributed by atoms with Gasteiger partial charge >= 0.3 is 5.97 Å². The van der Waals surface area contributed by atoms with Gasteiger partial charge in [0.15, 0.2) is 0 Å². The standard InChI is InChI=1S/C15H19N3O3/c1-11(12(2)15(20)21)14(19)18-9-7-17(8-10-18)13-5-3-4-6-16-13/h3-6H,7-10H2,1-2H3,(H,20,21). The Morgan fingerprint density at radius 1 is 1.10 bits per heavy atom. The lowest BCUT2D eigenvalue weighted by Crippen LogP contribution is -2.49. The first-order chi connectivity index (χ1) is 10.0. The quantitative estimate of drug-likeness (QED) is 0.845. The maximum Gasteiger partial charge on any atom is 0.331 e. The molecule has 112 valence electrons. The molecule has 1 aliphatic rings. The molecule has 0 saturated carbocycles. The minimum Gasteiger partial charge on any atom is -0.478 e. The zero-order valence-corrected chi connectivity index (χ0v) is 12.2. The molecule has 6 heteroatoms. The molecule has 1 aliphatic heterocycles. The summed E-state index contributed by atoms with van der Waals surface area (Å²) in [6.07, 6.45) is 1.75. The number of carbonyl (C=O) groups is 2. The minimum atomic E-state index is -1.05. The second-order valence-corrected chi connectivity index (χ2v) is 5.02. The number of aromatic nitrogens is 1. The van der Waals surface area contributed by atoms with Gasteiger partial charge in [-0.2, -0.15) is 0 Å². The van der Waals surface area contributed by atoms with E-state index in [-0.39, 0.29) is 11.5 Å². The molecule has 1 fully saturated rings. The first-order valence-corrected chi connectivity index (χ1v) is 6.86. The normalized spacial score (nSPS) is 16.5. The number of piperazine rings is 1. The Balaban J connectivity index is 2.00. The second-order valence-electron chi connectivity index (χ2n) is 5.02. The van der Waals surface area contributed by atoms with Crippen LogP contribution < -0.4 is 4.90 Å². The number of pyridine rings is 1. The monoisotopic (exact) mass is 289 g/mol. The van der Waals surface area contributed by atoms with E-state index in [2.05, 4.69) is 9.88 Å². The van der Waals surface area contributed by atoms with Crippen molar-refractivity contribution in [2.24, 2.45) is 0 Å². The van der Waals surface area contributed by atoms with E-state index in [1.54, 1.807) is 18.0 Å². The largest absolute Gasteiger partial charge is 0.478 e. The van der Waals surface area contributed by atoms with Crippen molar-refractivity contribution >= 4 is 17.7 Å². The molecule has 0 atom stereocenters. The summed E-state index contributed by atoms with van der Waals surface area (Å²) in [7, 11) is 0. The van der Waals surface area contributed by atoms with Gasteiger partial charge in [-0.25, -0.2) is 9.78 Å². The molecule has 1 N–H and O–H groups in total. The van der Waals surface area contributed by atoms with Crippen molar-refractivity contribution in [3.63, 3.8) is 0 Å². The van der Waals surface area contributed by atoms with E-state index in [0.717, 1.165) is 5.82 Å². The van der Waals surface area contributed by atoms with E-state index >= 15 is 0 Å². The van der Waals surface area contributed by atoms with Crippen LogP contribution in [-0.2, 0) is 9.59 Å². The van der Waals surface area contributed by atoms with Crippen LogP contribution in [-0.4, -0.2) is 53.0 Å². The fraction of sp³-hybridized carbons (Fsp3) is 0.400. The summed E-state index contributed by atoms with van der Waals surface area (Å²) in [6, 6.07) is 5.74. The Morgan fingerprint density at radius 3 is 2.29 bits per heavy atom. The maximum atomic E-state index is 12.3. The van der Waals surface area contributed by atoms with Crippen LogP contribution in [0.25, 0.3) is 0 Å². The van der Waals surface area contributed by atoms with Crippen molar-refractivity contribution in [3.8, 4) is 0 Å². The fourth-order valence-corrected chi connectivity index (χ4v) is 2.24. The first-order valence-electron chi connectivity index (χ1n) is 6.86. The molecule has 1 amide bonds. The molecule has 2 heterocycles. The van der Waals surface area contributed by atoms with E-state index in [9.17, 15) is 9.59 Å². The number of carboxylic acids is 1. The Morgan fingerprint density at radius 2 is 1.76 bits per heavy atom. The Kier molecular flexibility index (Phi) is 4.57. The van der Waals surface area contributed by atoms with Crippen LogP contribution in [0.4, 0.5) is 5.82 Å². The number of hydrogen-bond donors (Lipinski definition) is 1. The molecule has 21 heavy (non-hydrogen) atoms. The van der Waals surface area contributed by atoms with Crippen molar-refractivity contribution in [1.29, 1.82) is 0 Å². The van der Waals surface area contributed by atoms with Gasteiger partial charge in [-0.1, -0.05) is 6.07 Å². The molecule has 0 spiro atoms. The Labute approximate surface area is 123 Å². The average molecular weight is 289 g/mol. The lowest BCUT2D eigenvalue weighted by Gasteiger charge is -2.35. The second kappa shape index (κ2) is 6.39. The molecule has 0 aromatic carbocycles. The maximum absolute atomic E-state index is 12.3. The van der Waals surface area contributed by atoms with Gasteiger partial charge < -0.3 is 14.9 Å². The molecule has 1 saturated heterocycles. The Hall–Kier alpha value is -2.37. The number of nitrogens with zero attached hydrogens (tertiary/aromatic N) is 3. The van der Waals surface area contributed by atoms with Crippen LogP contribution in [0.15, 0.2) is 35.5 Å². The van der Waals surface area contributed by atoms with Crippen molar-refractivity contribution < 1.29 is 14.7 Å². The van der Waals surface area contributed by atoms with Crippen LogP contribution in [0.5, 0.6) is 0 Å². The van der Waals surface area contributed by atoms with Gasteiger partial charge in [0.05, 0.1) is 0 Å². The van der Waals surface area contributed by atoms with Crippen molar-refractivity contribution in [2.45, 2.75) is 13.8 Å². The summed E-state index contributed by atoms with van der Waals surface area (Å²) >= 11 is 0. The summed E-state index contributed by atoms with van der Waals surface area (Å²) in [5.74, 6) is -0.345. The van der Waals surface area contributed by atoms with E-state index in [1.807, 2.05) is 18.2 Å². The van der Waals surface area contributed by atoms with Gasteiger partial charge in [0.2, 0.25) is 5.91 Å². The lowest BCUT2D eigenvalue weighted by atomic mass is 10.1. The number of rotatable bonds is 3. The smallest absolute Gasteiger partial charge is 0.331 e. The highest BCUT2D eigenvalue weighted by Crippen LogP contribution is 2.15. The van der Waals surface area contributed by atoms with E-state index < -0.39 is 5.97 Å². The number of carboxylic acid groups (broad SMARTS) is 1. The number of aliphatic carboxylic acids is 1. The van der Waals surface area contributed by atoms with Crippen LogP contribution in [0.1, 0.15) is 13.8 Å². The van der Waals surface area contributed by atoms with Gasteiger partial charge in [0, 0.05) is 43.5 Å². The highest BCUT2D eigenvalue weighted by atomic mass is 16.4. The third kappa shape index (κ3) is 3.39. The summed E-state index contributed by atoms with van der Waals surface area (Å²) in [4.78, 5) is 31.3. The van der Waals surface area contributed by atoms with Gasteiger partial charge in [0.25, 0.3) is 0 Å². The van der Waals surface area contributed by atoms with E-state index in [1.165, 1.54) is 6.92 Å². The molecule has 2 rings (SSSR count). The zero-order valence-electron chi connectivity index (χ0n) is 12.2. The topological polar surface area (TPSA) is 73.7 Å². The number of amides is 1. The van der Waals surface area contributed by atoms with Crippen LogP contribution in [0.2, 0.25) is 0 Å². The van der Waals surface area contributed by atoms with E-state index in [4.69, 9.17) is 5.11 Å². The third-order valence-electron chi connectivity index (χ3n) is 3.74. The number of hydrogen-bond acceptors (Lipinski definition) is 4. The minimum absolute atomic E-state index is 0.104. The predicted molar refractivity (Wildman–Crippen MR) is 79.0 cm³/mol. The van der Waals surface area contributed by atoms with Crippen LogP contribution in [0.3, 0.4) is 0 Å². The third-order valence-corrected chi connectivity index (χ3v) is 3.74. The van der Waals surface area contributed by atoms with Crippen LogP contribution >= 0.6 is 0 Å². The summed E-state index contributed by atoms with van der Waals surface area (Å²) in [5, 5.41) is 8.95. The fourth-order valence-electron chi connectivity index (χ4n) is 2.24. The average Bonchev–Trinajstić information content (AvgIpc) is 2.53. The Bertz CT molecular complexity index is 561. The van der Waals surface area contributed by atoms with Gasteiger partial charge in [-0.3, -0.25) is 4.79 Å². The van der Waals surface area contributed by atoms with Crippen molar-refractivity contribution in [3.05, 3.63) is 35.5 Å². The van der Waals surface area contributed by atoms with Gasteiger partial charge in [-0.15, -0.1) is 0 Å². The number of carbonyl (C=O) groups excluding carboxylic acids is 1. The highest BCUT2D eigenvalue weighted by molar-refractivity contribution is 6.01. The predicted octanol–water partition coefficient (Wildman–Crippen LogP) is 1.15. The first kappa shape index (κ1) is 15.0. The van der Waals surface area contributed by atoms with E-state index in [0.29, 0.717) is 31.8 Å². The van der Waals surface area contributed by atoms with Crippen molar-refractivity contribution in [2.75, 3.05) is 31.1 Å². The summed E-state index contributed by atoms with van der Waals surface area (Å²) in [5.41, 5.74) is 0.404. The summed E-state index contributed by atoms with van der Waals surface area (Å²) in [6.45, 7) is 5.56. The van der Waals surface area contributed by atoms with Crippen LogP contribution in [0, 0.1) is 0 Å². The molecular formula is C15H19N3O3. The molecule has 0 radical (unpaired) electrons. The molecule has 0 unspecified atom stereocenters. The zero-order chi connectivity index (χ0) is 15.4. The molecule has 1 aromatic heterocycles. The van der Waals surface area contributed by atoms with Gasteiger partial charge in [0.1, 0.15) is 5.82 Å². The highest BCUT2D eigenvalue weighted by Gasteiger charge is 2.24. The summed E-state index contributed by atoms with van der Waals surface area (Å²) < 4.78 is 0. The molecule has 6 nitrogen and oxygen atoms in total. The SMILES string of the molecule is CC(C(=O)O)=C(C)C(=O)N1CCN(c2ccccn2)CC1. The lowest BCUT2D eigenvalue weighted by molar-refractivity contribution is -0.134. The molecular weight excluding hydrogens is 270 g/mol. The van der Waals surface area contributed by atoms with Crippen molar-refractivity contribution in [1.82, 2.24) is 9.88 Å². The number of anilines is 1. The van der Waals surface area contributed by atoms with Gasteiger partial charge in [-0.05, 0) is 26.0 Å². The molecule has 1 aromatic rings. The molecule has 0 bridgehead atoms.